The maximum Gasteiger partial charge on any atom is 0.282 e. The molecule has 0 aliphatic carbocycles. The molecule has 0 saturated carbocycles. The van der Waals surface area contributed by atoms with Crippen LogP contribution in [0.25, 0.3) is 0 Å². The predicted molar refractivity (Wildman–Crippen MR) is 80.4 cm³/mol. The van der Waals surface area contributed by atoms with E-state index in [2.05, 4.69) is 0 Å². The quantitative estimate of drug-likeness (QED) is 0.671. The van der Waals surface area contributed by atoms with Crippen molar-refractivity contribution in [1.29, 1.82) is 0 Å². The molecule has 2 rings (SSSR count). The number of ether oxygens (including phenoxy) is 1. The summed E-state index contributed by atoms with van der Waals surface area (Å²) in [7, 11) is -3.44. The van der Waals surface area contributed by atoms with E-state index in [9.17, 15) is 13.2 Å². The van der Waals surface area contributed by atoms with Gasteiger partial charge in [-0.15, -0.1) is 12.4 Å². The Labute approximate surface area is 131 Å². The molecule has 8 nitrogen and oxygen atoms in total. The first-order valence-electron chi connectivity index (χ1n) is 6.80. The number of hydrogen-bond acceptors (Lipinski definition) is 5. The topological polar surface area (TPSA) is 96.2 Å². The van der Waals surface area contributed by atoms with Crippen LogP contribution in [0.15, 0.2) is 0 Å². The second-order valence-corrected chi connectivity index (χ2v) is 6.96. The molecule has 1 atom stereocenters. The molecule has 2 N–H and O–H groups in total. The lowest BCUT2D eigenvalue weighted by Crippen LogP contribution is -2.57. The Morgan fingerprint density at radius 1 is 1.05 bits per heavy atom. The lowest BCUT2D eigenvalue weighted by atomic mass is 10.2. The number of nitrogens with zero attached hydrogens (tertiary/aromatic N) is 3. The molecule has 0 aromatic rings. The Hall–Kier alpha value is -0.450. The third kappa shape index (κ3) is 4.27. The van der Waals surface area contributed by atoms with Crippen molar-refractivity contribution in [3.63, 3.8) is 0 Å². The lowest BCUT2D eigenvalue weighted by molar-refractivity contribution is -0.133. The Morgan fingerprint density at radius 3 is 2.00 bits per heavy atom. The van der Waals surface area contributed by atoms with Crippen molar-refractivity contribution in [2.45, 2.75) is 13.0 Å². The summed E-state index contributed by atoms with van der Waals surface area (Å²) in [5.41, 5.74) is 5.56. The first-order chi connectivity index (χ1) is 9.43. The van der Waals surface area contributed by atoms with Crippen molar-refractivity contribution >= 4 is 28.5 Å². The van der Waals surface area contributed by atoms with E-state index in [-0.39, 0.29) is 18.3 Å². The van der Waals surface area contributed by atoms with Crippen LogP contribution in [0.4, 0.5) is 0 Å². The Kier molecular flexibility index (Phi) is 6.82. The molecule has 2 fully saturated rings. The summed E-state index contributed by atoms with van der Waals surface area (Å²) in [6, 6.07) is -0.544. The summed E-state index contributed by atoms with van der Waals surface area (Å²) in [6.07, 6.45) is 0. The summed E-state index contributed by atoms with van der Waals surface area (Å²) in [4.78, 5) is 13.4. The third-order valence-corrected chi connectivity index (χ3v) is 5.60. The molecule has 21 heavy (non-hydrogen) atoms. The third-order valence-electron chi connectivity index (χ3n) is 3.56. The van der Waals surface area contributed by atoms with Gasteiger partial charge in [-0.05, 0) is 6.92 Å². The van der Waals surface area contributed by atoms with Crippen LogP contribution >= 0.6 is 12.4 Å². The molecule has 1 amide bonds. The van der Waals surface area contributed by atoms with E-state index in [1.165, 1.54) is 8.61 Å². The second kappa shape index (κ2) is 7.70. The first-order valence-corrected chi connectivity index (χ1v) is 8.20. The van der Waals surface area contributed by atoms with Crippen molar-refractivity contribution in [2.24, 2.45) is 5.73 Å². The highest BCUT2D eigenvalue weighted by Crippen LogP contribution is 2.14. The smallest absolute Gasteiger partial charge is 0.282 e. The van der Waals surface area contributed by atoms with E-state index in [1.54, 1.807) is 11.8 Å². The van der Waals surface area contributed by atoms with Crippen LogP contribution in [0.5, 0.6) is 0 Å². The molecule has 2 saturated heterocycles. The van der Waals surface area contributed by atoms with Gasteiger partial charge in [-0.1, -0.05) is 0 Å². The number of hydrogen-bond donors (Lipinski definition) is 1. The monoisotopic (exact) mass is 342 g/mol. The van der Waals surface area contributed by atoms with Crippen LogP contribution in [0.2, 0.25) is 0 Å². The molecule has 2 heterocycles. The summed E-state index contributed by atoms with van der Waals surface area (Å²) in [5, 5.41) is 0. The molecular weight excluding hydrogens is 320 g/mol. The first kappa shape index (κ1) is 18.6. The number of halogens is 1. The van der Waals surface area contributed by atoms with Crippen LogP contribution in [-0.2, 0) is 19.7 Å². The highest BCUT2D eigenvalue weighted by molar-refractivity contribution is 7.86. The van der Waals surface area contributed by atoms with E-state index in [4.69, 9.17) is 10.5 Å². The zero-order chi connectivity index (χ0) is 14.8. The fraction of sp³-hybridized carbons (Fsp3) is 0.909. The molecule has 0 aromatic heterocycles. The maximum absolute atomic E-state index is 12.4. The average molecular weight is 343 g/mol. The Balaban J connectivity index is 0.00000220. The van der Waals surface area contributed by atoms with Crippen LogP contribution in [-0.4, -0.2) is 86.4 Å². The van der Waals surface area contributed by atoms with Gasteiger partial charge < -0.3 is 15.4 Å². The van der Waals surface area contributed by atoms with Gasteiger partial charge in [0, 0.05) is 39.3 Å². The molecular formula is C11H23ClN4O4S. The van der Waals surface area contributed by atoms with Crippen molar-refractivity contribution in [1.82, 2.24) is 13.5 Å². The van der Waals surface area contributed by atoms with Gasteiger partial charge in [-0.3, -0.25) is 4.79 Å². The van der Waals surface area contributed by atoms with E-state index >= 15 is 0 Å². The molecule has 2 aliphatic heterocycles. The normalized spacial score (nSPS) is 23.4. The van der Waals surface area contributed by atoms with Gasteiger partial charge in [-0.2, -0.15) is 17.0 Å². The fourth-order valence-corrected chi connectivity index (χ4v) is 3.93. The van der Waals surface area contributed by atoms with E-state index < -0.39 is 16.3 Å². The highest BCUT2D eigenvalue weighted by Gasteiger charge is 2.34. The zero-order valence-corrected chi connectivity index (χ0v) is 13.7. The van der Waals surface area contributed by atoms with Crippen LogP contribution in [0, 0.1) is 0 Å². The summed E-state index contributed by atoms with van der Waals surface area (Å²) < 4.78 is 32.9. The molecule has 0 bridgehead atoms. The van der Waals surface area contributed by atoms with Crippen molar-refractivity contribution < 1.29 is 17.9 Å². The minimum Gasteiger partial charge on any atom is -0.379 e. The molecule has 124 valence electrons. The minimum absolute atomic E-state index is 0. The minimum atomic E-state index is -3.44. The molecule has 0 aromatic carbocycles. The summed E-state index contributed by atoms with van der Waals surface area (Å²) >= 11 is 0. The van der Waals surface area contributed by atoms with Gasteiger partial charge >= 0.3 is 0 Å². The van der Waals surface area contributed by atoms with Gasteiger partial charge in [0.05, 0.1) is 19.3 Å². The van der Waals surface area contributed by atoms with E-state index in [0.29, 0.717) is 52.5 Å². The van der Waals surface area contributed by atoms with Crippen LogP contribution < -0.4 is 5.73 Å². The van der Waals surface area contributed by atoms with Gasteiger partial charge in [-0.25, -0.2) is 0 Å². The Bertz CT molecular complexity index is 445. The molecule has 0 spiro atoms. The van der Waals surface area contributed by atoms with Crippen molar-refractivity contribution in [2.75, 3.05) is 52.5 Å². The number of piperazine rings is 1. The number of nitrogens with two attached hydrogens (primary N) is 1. The van der Waals surface area contributed by atoms with Gasteiger partial charge in [0.25, 0.3) is 10.2 Å². The van der Waals surface area contributed by atoms with Crippen LogP contribution in [0.3, 0.4) is 0 Å². The van der Waals surface area contributed by atoms with Crippen LogP contribution in [0.1, 0.15) is 6.92 Å². The predicted octanol–water partition coefficient (Wildman–Crippen LogP) is -1.52. The molecule has 0 unspecified atom stereocenters. The number of amides is 1. The van der Waals surface area contributed by atoms with E-state index in [0.717, 1.165) is 0 Å². The van der Waals surface area contributed by atoms with Crippen molar-refractivity contribution in [3.05, 3.63) is 0 Å². The van der Waals surface area contributed by atoms with Gasteiger partial charge in [0.1, 0.15) is 0 Å². The lowest BCUT2D eigenvalue weighted by Gasteiger charge is -2.38. The zero-order valence-electron chi connectivity index (χ0n) is 12.1. The SMILES string of the molecule is C[C@@H](N)C(=O)N1CCN(S(=O)(=O)N2CCOCC2)CC1.Cl. The summed E-state index contributed by atoms with van der Waals surface area (Å²) in [6.45, 7) is 4.71. The summed E-state index contributed by atoms with van der Waals surface area (Å²) in [5.74, 6) is -0.131. The van der Waals surface area contributed by atoms with Gasteiger partial charge in [0.15, 0.2) is 0 Å². The largest absolute Gasteiger partial charge is 0.379 e. The molecule has 2 aliphatic rings. The second-order valence-electron chi connectivity index (χ2n) is 5.03. The Morgan fingerprint density at radius 2 is 1.52 bits per heavy atom. The van der Waals surface area contributed by atoms with Gasteiger partial charge in [0.2, 0.25) is 5.91 Å². The average Bonchev–Trinajstić information content (AvgIpc) is 2.47. The standard InChI is InChI=1S/C11H22N4O4S.ClH/c1-10(12)11(16)13-2-4-14(5-3-13)20(17,18)15-6-8-19-9-7-15;/h10H,2-9,12H2,1H3;1H/t10-;/m1./s1. The van der Waals surface area contributed by atoms with Crippen molar-refractivity contribution in [3.8, 4) is 0 Å². The number of rotatable bonds is 3. The number of carbonyl (C=O) groups excluding carboxylic acids is 1. The maximum atomic E-state index is 12.4. The highest BCUT2D eigenvalue weighted by atomic mass is 35.5. The number of carbonyl (C=O) groups is 1. The fourth-order valence-electron chi connectivity index (χ4n) is 2.37. The molecule has 10 heteroatoms. The van der Waals surface area contributed by atoms with E-state index in [1.807, 2.05) is 0 Å². The number of morpholine rings is 1. The molecule has 0 radical (unpaired) electrons.